The second-order valence-corrected chi connectivity index (χ2v) is 6.14. The summed E-state index contributed by atoms with van der Waals surface area (Å²) in [6.45, 7) is 0.545. The third kappa shape index (κ3) is 4.02. The fourth-order valence-electron chi connectivity index (χ4n) is 3.23. The summed E-state index contributed by atoms with van der Waals surface area (Å²) in [4.78, 5) is 16.2. The van der Waals surface area contributed by atoms with Gasteiger partial charge in [-0.3, -0.25) is 4.79 Å². The van der Waals surface area contributed by atoms with Gasteiger partial charge in [0.05, 0.1) is 19.2 Å². The molecule has 0 aromatic heterocycles. The van der Waals surface area contributed by atoms with Crippen LogP contribution in [0.4, 0.5) is 5.69 Å². The van der Waals surface area contributed by atoms with Crippen molar-refractivity contribution in [3.05, 3.63) is 30.3 Å². The fraction of sp³-hybridized carbons (Fsp3) is 0.556. The Balaban J connectivity index is 2.10. The van der Waals surface area contributed by atoms with Crippen molar-refractivity contribution in [2.75, 3.05) is 31.6 Å². The van der Waals surface area contributed by atoms with Crippen LogP contribution in [0.1, 0.15) is 32.1 Å². The van der Waals surface area contributed by atoms with Gasteiger partial charge in [-0.05, 0) is 25.0 Å². The summed E-state index contributed by atoms with van der Waals surface area (Å²) < 4.78 is 0. The third-order valence-electron chi connectivity index (χ3n) is 4.72. The summed E-state index contributed by atoms with van der Waals surface area (Å²) in [5.74, 6) is -0.0780. The number of aliphatic hydroxyl groups is 1. The van der Waals surface area contributed by atoms with Gasteiger partial charge in [0, 0.05) is 19.3 Å². The molecule has 5 nitrogen and oxygen atoms in total. The van der Waals surface area contributed by atoms with Crippen LogP contribution in [0.5, 0.6) is 0 Å². The highest BCUT2D eigenvalue weighted by molar-refractivity contribution is 5.82. The van der Waals surface area contributed by atoms with Crippen LogP contribution in [0.3, 0.4) is 0 Å². The van der Waals surface area contributed by atoms with E-state index in [0.29, 0.717) is 6.54 Å². The average molecular weight is 315 g/mol. The molecule has 0 atom stereocenters. The van der Waals surface area contributed by atoms with E-state index in [1.54, 1.807) is 11.9 Å². The van der Waals surface area contributed by atoms with Gasteiger partial charge in [-0.25, -0.2) is 0 Å². The fourth-order valence-corrected chi connectivity index (χ4v) is 3.23. The van der Waals surface area contributed by atoms with Crippen molar-refractivity contribution in [2.45, 2.75) is 37.6 Å². The maximum Gasteiger partial charge on any atom is 0.243 e. The van der Waals surface area contributed by atoms with Crippen LogP contribution in [0.2, 0.25) is 0 Å². The number of anilines is 1. The molecule has 1 saturated carbocycles. The highest BCUT2D eigenvalue weighted by Crippen LogP contribution is 2.32. The predicted molar refractivity (Wildman–Crippen MR) is 89.9 cm³/mol. The summed E-state index contributed by atoms with van der Waals surface area (Å²) in [5.41, 5.74) is 0.231. The molecule has 1 amide bonds. The number of rotatable bonds is 6. The summed E-state index contributed by atoms with van der Waals surface area (Å²) in [6.07, 6.45) is 4.61. The van der Waals surface area contributed by atoms with Gasteiger partial charge in [-0.2, -0.15) is 5.26 Å². The van der Waals surface area contributed by atoms with E-state index in [0.717, 1.165) is 37.8 Å². The van der Waals surface area contributed by atoms with E-state index in [-0.39, 0.29) is 19.1 Å². The molecule has 1 fully saturated rings. The average Bonchev–Trinajstić information content (AvgIpc) is 2.62. The molecule has 1 N–H and O–H groups in total. The second kappa shape index (κ2) is 7.98. The van der Waals surface area contributed by atoms with E-state index in [4.69, 9.17) is 0 Å². The van der Waals surface area contributed by atoms with Crippen molar-refractivity contribution < 1.29 is 9.90 Å². The molecule has 5 heteroatoms. The number of amides is 1. The molecule has 0 unspecified atom stereocenters. The summed E-state index contributed by atoms with van der Waals surface area (Å²) in [5, 5.41) is 18.9. The first-order valence-corrected chi connectivity index (χ1v) is 8.22. The van der Waals surface area contributed by atoms with E-state index in [1.165, 1.54) is 0 Å². The Bertz CT molecular complexity index is 547. The minimum absolute atomic E-state index is 0.0186. The molecule has 0 radical (unpaired) electrons. The van der Waals surface area contributed by atoms with Gasteiger partial charge in [-0.1, -0.05) is 37.5 Å². The van der Waals surface area contributed by atoms with Gasteiger partial charge in [0.25, 0.3) is 0 Å². The van der Waals surface area contributed by atoms with Gasteiger partial charge < -0.3 is 14.9 Å². The molecule has 124 valence electrons. The number of hydrogen-bond acceptors (Lipinski definition) is 4. The lowest BCUT2D eigenvalue weighted by atomic mass is 9.81. The van der Waals surface area contributed by atoms with Crippen molar-refractivity contribution in [2.24, 2.45) is 0 Å². The first-order chi connectivity index (χ1) is 11.1. The Morgan fingerprint density at radius 1 is 1.26 bits per heavy atom. The Hall–Kier alpha value is -2.06. The van der Waals surface area contributed by atoms with Crippen molar-refractivity contribution in [3.8, 4) is 6.07 Å². The van der Waals surface area contributed by atoms with Gasteiger partial charge in [-0.15, -0.1) is 0 Å². The number of carbonyl (C=O) groups excluding carboxylic acids is 1. The molecule has 1 aromatic rings. The monoisotopic (exact) mass is 315 g/mol. The van der Waals surface area contributed by atoms with Gasteiger partial charge >= 0.3 is 0 Å². The largest absolute Gasteiger partial charge is 0.395 e. The predicted octanol–water partition coefficient (Wildman–Crippen LogP) is 2.17. The summed E-state index contributed by atoms with van der Waals surface area (Å²) in [6, 6.07) is 12.0. The van der Waals surface area contributed by atoms with Crippen LogP contribution >= 0.6 is 0 Å². The van der Waals surface area contributed by atoms with Crippen LogP contribution in [-0.2, 0) is 4.79 Å². The lowest BCUT2D eigenvalue weighted by Gasteiger charge is -2.40. The Morgan fingerprint density at radius 3 is 2.48 bits per heavy atom. The Morgan fingerprint density at radius 2 is 1.91 bits per heavy atom. The van der Waals surface area contributed by atoms with Crippen LogP contribution < -0.4 is 4.90 Å². The van der Waals surface area contributed by atoms with Crippen LogP contribution in [0.25, 0.3) is 0 Å². The number of nitrogens with zero attached hydrogens (tertiary/aromatic N) is 3. The molecular formula is C18H25N3O2. The van der Waals surface area contributed by atoms with Crippen LogP contribution in [0.15, 0.2) is 30.3 Å². The molecule has 1 aromatic carbocycles. The van der Waals surface area contributed by atoms with Gasteiger partial charge in [0.15, 0.2) is 0 Å². The molecular weight excluding hydrogens is 290 g/mol. The molecule has 0 spiro atoms. The lowest BCUT2D eigenvalue weighted by molar-refractivity contribution is -0.133. The minimum Gasteiger partial charge on any atom is -0.395 e. The van der Waals surface area contributed by atoms with Crippen molar-refractivity contribution in [1.82, 2.24) is 4.90 Å². The maximum atomic E-state index is 12.7. The minimum atomic E-state index is -0.670. The molecule has 0 saturated heterocycles. The summed E-state index contributed by atoms with van der Waals surface area (Å²) in [7, 11) is 1.74. The van der Waals surface area contributed by atoms with Gasteiger partial charge in [0.2, 0.25) is 5.91 Å². The number of aliphatic hydroxyl groups excluding tert-OH is 1. The van der Waals surface area contributed by atoms with E-state index in [1.807, 2.05) is 35.2 Å². The number of benzene rings is 1. The second-order valence-electron chi connectivity index (χ2n) is 6.14. The smallest absolute Gasteiger partial charge is 0.243 e. The number of carbonyl (C=O) groups is 1. The molecule has 1 aliphatic carbocycles. The van der Waals surface area contributed by atoms with Gasteiger partial charge in [0.1, 0.15) is 5.54 Å². The quantitative estimate of drug-likeness (QED) is 0.873. The zero-order chi connectivity index (χ0) is 16.7. The molecule has 0 aliphatic heterocycles. The number of para-hydroxylation sites is 1. The normalized spacial score (nSPS) is 16.4. The summed E-state index contributed by atoms with van der Waals surface area (Å²) >= 11 is 0. The van der Waals surface area contributed by atoms with E-state index in [9.17, 15) is 15.2 Å². The molecule has 2 rings (SSSR count). The Labute approximate surface area is 138 Å². The zero-order valence-electron chi connectivity index (χ0n) is 13.7. The van der Waals surface area contributed by atoms with Crippen molar-refractivity contribution >= 4 is 11.6 Å². The van der Waals surface area contributed by atoms with E-state index < -0.39 is 5.54 Å². The topological polar surface area (TPSA) is 67.6 Å². The highest BCUT2D eigenvalue weighted by atomic mass is 16.3. The number of nitriles is 1. The molecule has 1 aliphatic rings. The molecule has 0 heterocycles. The Kier molecular flexibility index (Phi) is 6.00. The van der Waals surface area contributed by atoms with Crippen molar-refractivity contribution in [1.29, 1.82) is 5.26 Å². The van der Waals surface area contributed by atoms with Crippen molar-refractivity contribution in [3.63, 3.8) is 0 Å². The molecule has 0 bridgehead atoms. The first kappa shape index (κ1) is 17.3. The first-order valence-electron chi connectivity index (χ1n) is 8.22. The van der Waals surface area contributed by atoms with Crippen LogP contribution in [-0.4, -0.2) is 48.2 Å². The third-order valence-corrected chi connectivity index (χ3v) is 4.72. The van der Waals surface area contributed by atoms with Crippen LogP contribution in [0, 0.1) is 11.3 Å². The number of likely N-dealkylation sites (N-methyl/N-ethyl adjacent to an activating group) is 1. The number of hydrogen-bond donors (Lipinski definition) is 1. The van der Waals surface area contributed by atoms with E-state index >= 15 is 0 Å². The highest BCUT2D eigenvalue weighted by Gasteiger charge is 2.39. The van der Waals surface area contributed by atoms with E-state index in [2.05, 4.69) is 6.07 Å². The zero-order valence-corrected chi connectivity index (χ0v) is 13.7. The SMILES string of the molecule is CN(C(=O)CN(CCO)c1ccccc1)C1(C#N)CCCCC1. The molecule has 23 heavy (non-hydrogen) atoms. The standard InChI is InChI=1S/C18H25N3O2/c1-20(18(15-19)10-6-3-7-11-18)17(23)14-21(12-13-22)16-8-4-2-5-9-16/h2,4-5,8-9,22H,3,6-7,10-14H2,1H3. The lowest BCUT2D eigenvalue weighted by Crippen LogP contribution is -2.52. The maximum absolute atomic E-state index is 12.7.